The minimum absolute atomic E-state index is 0.0746. The largest absolute Gasteiger partial charge is 0.460 e. The summed E-state index contributed by atoms with van der Waals surface area (Å²) in [7, 11) is 0. The molecule has 0 aliphatic rings. The molecule has 0 amide bonds. The zero-order valence-electron chi connectivity index (χ0n) is 19.6. The number of carbonyl (C=O) groups excluding carboxylic acids is 1. The SMILES string of the molecule is O=C(/C=C/c1cccc2ccccc12)Oc1ccc2c(=O)c(Oc3ccc4ccccc4c3)coc2c1. The molecule has 37 heavy (non-hydrogen) atoms. The summed E-state index contributed by atoms with van der Waals surface area (Å²) in [6, 6.07) is 32.0. The van der Waals surface area contributed by atoms with Gasteiger partial charge in [0.25, 0.3) is 0 Å². The predicted molar refractivity (Wildman–Crippen MR) is 145 cm³/mol. The van der Waals surface area contributed by atoms with Gasteiger partial charge in [0.05, 0.1) is 5.39 Å². The number of hydrogen-bond donors (Lipinski definition) is 0. The van der Waals surface area contributed by atoms with E-state index in [1.54, 1.807) is 24.3 Å². The van der Waals surface area contributed by atoms with Gasteiger partial charge in [0.15, 0.2) is 0 Å². The number of carbonyl (C=O) groups is 1. The van der Waals surface area contributed by atoms with Crippen LogP contribution in [0.1, 0.15) is 5.56 Å². The van der Waals surface area contributed by atoms with Gasteiger partial charge < -0.3 is 13.9 Å². The molecule has 0 N–H and O–H groups in total. The smallest absolute Gasteiger partial charge is 0.336 e. The fourth-order valence-electron chi connectivity index (χ4n) is 4.29. The third-order valence-corrected chi connectivity index (χ3v) is 6.10. The van der Waals surface area contributed by atoms with Crippen LogP contribution >= 0.6 is 0 Å². The van der Waals surface area contributed by atoms with Crippen molar-refractivity contribution in [3.63, 3.8) is 0 Å². The van der Waals surface area contributed by atoms with Gasteiger partial charge in [-0.3, -0.25) is 4.79 Å². The predicted octanol–water partition coefficient (Wildman–Crippen LogP) is 7.51. The molecule has 6 rings (SSSR count). The molecular formula is C32H20O5. The average molecular weight is 485 g/mol. The van der Waals surface area contributed by atoms with Crippen LogP contribution in [-0.2, 0) is 4.79 Å². The van der Waals surface area contributed by atoms with Gasteiger partial charge in [-0.05, 0) is 57.4 Å². The summed E-state index contributed by atoms with van der Waals surface area (Å²) < 4.78 is 16.9. The number of benzene rings is 5. The fourth-order valence-corrected chi connectivity index (χ4v) is 4.29. The first kappa shape index (κ1) is 22.3. The Hall–Kier alpha value is -5.16. The Morgan fingerprint density at radius 3 is 2.35 bits per heavy atom. The van der Waals surface area contributed by atoms with E-state index in [0.29, 0.717) is 16.7 Å². The van der Waals surface area contributed by atoms with Gasteiger partial charge >= 0.3 is 5.97 Å². The minimum Gasteiger partial charge on any atom is -0.460 e. The van der Waals surface area contributed by atoms with Crippen LogP contribution in [0.4, 0.5) is 0 Å². The van der Waals surface area contributed by atoms with E-state index in [2.05, 4.69) is 0 Å². The maximum atomic E-state index is 13.0. The van der Waals surface area contributed by atoms with E-state index in [4.69, 9.17) is 13.9 Å². The molecule has 6 aromatic rings. The van der Waals surface area contributed by atoms with E-state index in [0.717, 1.165) is 27.1 Å². The Balaban J connectivity index is 1.21. The number of fused-ring (bicyclic) bond motifs is 3. The van der Waals surface area contributed by atoms with Gasteiger partial charge in [-0.2, -0.15) is 0 Å². The summed E-state index contributed by atoms with van der Waals surface area (Å²) in [6.07, 6.45) is 4.37. The standard InChI is InChI=1S/C32H20O5/c33-31(17-13-23-10-5-9-22-7-3-4-11-27(22)23)37-26-15-16-28-29(19-26)35-20-30(32(28)34)36-25-14-12-21-6-1-2-8-24(21)18-25/h1-20H/b17-13+. The Labute approximate surface area is 211 Å². The lowest BCUT2D eigenvalue weighted by Gasteiger charge is -2.08. The molecule has 0 unspecified atom stereocenters. The van der Waals surface area contributed by atoms with Gasteiger partial charge in [-0.15, -0.1) is 0 Å². The molecule has 0 aliphatic heterocycles. The van der Waals surface area contributed by atoms with Crippen LogP contribution in [0, 0.1) is 0 Å². The Bertz CT molecular complexity index is 1880. The average Bonchev–Trinajstić information content (AvgIpc) is 2.93. The van der Waals surface area contributed by atoms with Gasteiger partial charge in [0, 0.05) is 12.1 Å². The highest BCUT2D eigenvalue weighted by atomic mass is 16.5. The summed E-state index contributed by atoms with van der Waals surface area (Å²) in [5, 5.41) is 4.54. The summed E-state index contributed by atoms with van der Waals surface area (Å²) in [5.41, 5.74) is 0.890. The van der Waals surface area contributed by atoms with E-state index >= 15 is 0 Å². The lowest BCUT2D eigenvalue weighted by atomic mass is 10.0. The molecule has 0 saturated carbocycles. The maximum Gasteiger partial charge on any atom is 0.336 e. The molecule has 5 heteroatoms. The lowest BCUT2D eigenvalue weighted by Crippen LogP contribution is -2.06. The zero-order valence-corrected chi connectivity index (χ0v) is 19.6. The van der Waals surface area contributed by atoms with Crippen LogP contribution < -0.4 is 14.9 Å². The first-order valence-corrected chi connectivity index (χ1v) is 11.7. The van der Waals surface area contributed by atoms with Crippen molar-refractivity contribution in [2.75, 3.05) is 0 Å². The van der Waals surface area contributed by atoms with Gasteiger partial charge in [0.2, 0.25) is 11.2 Å². The molecular weight excluding hydrogens is 464 g/mol. The van der Waals surface area contributed by atoms with Crippen LogP contribution in [0.25, 0.3) is 38.6 Å². The summed E-state index contributed by atoms with van der Waals surface area (Å²) in [5.74, 6) is 0.344. The number of rotatable bonds is 5. The van der Waals surface area contributed by atoms with Gasteiger partial charge in [-0.1, -0.05) is 72.8 Å². The first-order valence-electron chi connectivity index (χ1n) is 11.7. The third-order valence-electron chi connectivity index (χ3n) is 6.10. The van der Waals surface area contributed by atoms with Crippen molar-refractivity contribution in [1.29, 1.82) is 0 Å². The molecule has 0 atom stereocenters. The number of esters is 1. The highest BCUT2D eigenvalue weighted by Gasteiger charge is 2.12. The number of ether oxygens (including phenoxy) is 2. The lowest BCUT2D eigenvalue weighted by molar-refractivity contribution is -0.128. The highest BCUT2D eigenvalue weighted by Crippen LogP contribution is 2.27. The summed E-state index contributed by atoms with van der Waals surface area (Å²) in [6.45, 7) is 0. The normalized spacial score (nSPS) is 11.4. The second-order valence-corrected chi connectivity index (χ2v) is 8.52. The number of hydrogen-bond acceptors (Lipinski definition) is 5. The van der Waals surface area contributed by atoms with Crippen molar-refractivity contribution in [1.82, 2.24) is 0 Å². The Morgan fingerprint density at radius 1 is 0.703 bits per heavy atom. The van der Waals surface area contributed by atoms with E-state index in [1.165, 1.54) is 18.4 Å². The van der Waals surface area contributed by atoms with E-state index < -0.39 is 5.97 Å². The van der Waals surface area contributed by atoms with Crippen molar-refractivity contribution < 1.29 is 18.7 Å². The Kier molecular flexibility index (Phi) is 5.71. The molecule has 0 radical (unpaired) electrons. The third kappa shape index (κ3) is 4.58. The van der Waals surface area contributed by atoms with Crippen LogP contribution in [-0.4, -0.2) is 5.97 Å². The molecule has 1 aromatic heterocycles. The molecule has 0 spiro atoms. The minimum atomic E-state index is -0.536. The molecule has 0 fully saturated rings. The molecule has 178 valence electrons. The van der Waals surface area contributed by atoms with Crippen molar-refractivity contribution in [2.45, 2.75) is 0 Å². The second kappa shape index (κ2) is 9.47. The van der Waals surface area contributed by atoms with Crippen molar-refractivity contribution in [2.24, 2.45) is 0 Å². The molecule has 0 saturated heterocycles. The van der Waals surface area contributed by atoms with E-state index in [-0.39, 0.29) is 16.9 Å². The van der Waals surface area contributed by atoms with E-state index in [9.17, 15) is 9.59 Å². The van der Waals surface area contributed by atoms with Crippen LogP contribution in [0.15, 0.2) is 125 Å². The zero-order chi connectivity index (χ0) is 25.2. The topological polar surface area (TPSA) is 65.7 Å². The molecule has 0 aliphatic carbocycles. The monoisotopic (exact) mass is 484 g/mol. The molecule has 5 nitrogen and oxygen atoms in total. The van der Waals surface area contributed by atoms with Crippen molar-refractivity contribution in [3.05, 3.63) is 131 Å². The molecule has 1 heterocycles. The van der Waals surface area contributed by atoms with Gasteiger partial charge in [0.1, 0.15) is 23.3 Å². The quantitative estimate of drug-likeness (QED) is 0.144. The van der Waals surface area contributed by atoms with Crippen molar-refractivity contribution in [3.8, 4) is 17.2 Å². The second-order valence-electron chi connectivity index (χ2n) is 8.52. The fraction of sp³-hybridized carbons (Fsp3) is 0. The molecule has 5 aromatic carbocycles. The molecule has 0 bridgehead atoms. The van der Waals surface area contributed by atoms with Crippen molar-refractivity contribution >= 4 is 44.6 Å². The van der Waals surface area contributed by atoms with E-state index in [1.807, 2.05) is 78.9 Å². The first-order chi connectivity index (χ1) is 18.1. The summed E-state index contributed by atoms with van der Waals surface area (Å²) in [4.78, 5) is 25.4. The van der Waals surface area contributed by atoms with Gasteiger partial charge in [-0.25, -0.2) is 4.79 Å². The highest BCUT2D eigenvalue weighted by molar-refractivity contribution is 5.95. The maximum absolute atomic E-state index is 13.0. The Morgan fingerprint density at radius 2 is 1.46 bits per heavy atom. The van der Waals surface area contributed by atoms with Crippen LogP contribution in [0.5, 0.6) is 17.2 Å². The van der Waals surface area contributed by atoms with Crippen LogP contribution in [0.3, 0.4) is 0 Å². The van der Waals surface area contributed by atoms with Crippen LogP contribution in [0.2, 0.25) is 0 Å². The summed E-state index contributed by atoms with van der Waals surface area (Å²) >= 11 is 0.